The summed E-state index contributed by atoms with van der Waals surface area (Å²) >= 11 is 0. The number of fused-ring (bicyclic) bond motifs is 1. The molecule has 1 heterocycles. The second-order valence-electron chi connectivity index (χ2n) is 3.45. The van der Waals surface area contributed by atoms with Crippen LogP contribution in [0.5, 0.6) is 0 Å². The maximum atomic E-state index is 11.6. The number of anilines is 1. The SMILES string of the molecule is CCOC(=O)Cn1c(=O)oc2cccc(N)c21. The van der Waals surface area contributed by atoms with Crippen molar-refractivity contribution in [2.75, 3.05) is 12.3 Å². The minimum atomic E-state index is -0.619. The highest BCUT2D eigenvalue weighted by atomic mass is 16.5. The van der Waals surface area contributed by atoms with E-state index in [1.807, 2.05) is 0 Å². The number of nitrogens with zero attached hydrogens (tertiary/aromatic N) is 1. The molecular formula is C11H12N2O4. The van der Waals surface area contributed by atoms with Crippen LogP contribution in [0.1, 0.15) is 6.92 Å². The Kier molecular flexibility index (Phi) is 2.86. The van der Waals surface area contributed by atoms with Crippen LogP contribution >= 0.6 is 0 Å². The second-order valence-corrected chi connectivity index (χ2v) is 3.45. The molecule has 0 radical (unpaired) electrons. The second kappa shape index (κ2) is 4.32. The summed E-state index contributed by atoms with van der Waals surface area (Å²) in [5.74, 6) is -1.12. The highest BCUT2D eigenvalue weighted by Crippen LogP contribution is 2.19. The number of hydrogen-bond acceptors (Lipinski definition) is 5. The predicted molar refractivity (Wildman–Crippen MR) is 61.5 cm³/mol. The van der Waals surface area contributed by atoms with Gasteiger partial charge in [-0.25, -0.2) is 4.79 Å². The summed E-state index contributed by atoms with van der Waals surface area (Å²) in [6.07, 6.45) is 0. The summed E-state index contributed by atoms with van der Waals surface area (Å²) < 4.78 is 10.9. The third-order valence-electron chi connectivity index (χ3n) is 2.31. The quantitative estimate of drug-likeness (QED) is 0.627. The Morgan fingerprint density at radius 1 is 1.53 bits per heavy atom. The molecule has 0 aliphatic heterocycles. The van der Waals surface area contributed by atoms with E-state index in [4.69, 9.17) is 14.9 Å². The molecule has 0 spiro atoms. The van der Waals surface area contributed by atoms with Crippen molar-refractivity contribution in [2.24, 2.45) is 0 Å². The summed E-state index contributed by atoms with van der Waals surface area (Å²) in [6, 6.07) is 4.93. The van der Waals surface area contributed by atoms with E-state index >= 15 is 0 Å². The van der Waals surface area contributed by atoms with E-state index in [2.05, 4.69) is 0 Å². The molecule has 1 aromatic carbocycles. The van der Waals surface area contributed by atoms with Crippen LogP contribution in [0.25, 0.3) is 11.1 Å². The Bertz CT molecular complexity index is 611. The molecule has 0 atom stereocenters. The maximum Gasteiger partial charge on any atom is 0.420 e. The van der Waals surface area contributed by atoms with Gasteiger partial charge < -0.3 is 14.9 Å². The number of esters is 1. The molecule has 0 amide bonds. The molecule has 2 N–H and O–H groups in total. The lowest BCUT2D eigenvalue weighted by Gasteiger charge is -2.03. The van der Waals surface area contributed by atoms with Crippen molar-refractivity contribution in [3.05, 3.63) is 28.7 Å². The number of carbonyl (C=O) groups excluding carboxylic acids is 1. The molecule has 2 aromatic rings. The average molecular weight is 236 g/mol. The number of para-hydroxylation sites is 1. The van der Waals surface area contributed by atoms with Gasteiger partial charge in [-0.1, -0.05) is 6.07 Å². The zero-order valence-electron chi connectivity index (χ0n) is 9.30. The average Bonchev–Trinajstić information content (AvgIpc) is 2.57. The Hall–Kier alpha value is -2.24. The van der Waals surface area contributed by atoms with Crippen LogP contribution < -0.4 is 11.5 Å². The van der Waals surface area contributed by atoms with Crippen LogP contribution in [0.15, 0.2) is 27.4 Å². The minimum Gasteiger partial charge on any atom is -0.465 e. The van der Waals surface area contributed by atoms with E-state index in [0.29, 0.717) is 16.8 Å². The number of nitrogen functional groups attached to an aromatic ring is 1. The fourth-order valence-electron chi connectivity index (χ4n) is 1.63. The number of ether oxygens (including phenoxy) is 1. The number of carbonyl (C=O) groups is 1. The maximum absolute atomic E-state index is 11.6. The molecule has 2 rings (SSSR count). The van der Waals surface area contributed by atoms with Crippen LogP contribution in [-0.4, -0.2) is 17.1 Å². The Morgan fingerprint density at radius 3 is 3.00 bits per heavy atom. The molecule has 90 valence electrons. The summed E-state index contributed by atoms with van der Waals surface area (Å²) in [6.45, 7) is 1.76. The smallest absolute Gasteiger partial charge is 0.420 e. The molecule has 6 nitrogen and oxygen atoms in total. The monoisotopic (exact) mass is 236 g/mol. The Balaban J connectivity index is 2.49. The Labute approximate surface area is 96.6 Å². The molecule has 0 saturated carbocycles. The van der Waals surface area contributed by atoms with E-state index in [1.165, 1.54) is 4.57 Å². The summed E-state index contributed by atoms with van der Waals surface area (Å²) in [5.41, 5.74) is 6.92. The van der Waals surface area contributed by atoms with E-state index < -0.39 is 11.7 Å². The zero-order valence-corrected chi connectivity index (χ0v) is 9.30. The number of oxazole rings is 1. The molecule has 0 saturated heterocycles. The highest BCUT2D eigenvalue weighted by Gasteiger charge is 2.14. The van der Waals surface area contributed by atoms with Crippen LogP contribution in [0.3, 0.4) is 0 Å². The first-order valence-electron chi connectivity index (χ1n) is 5.17. The van der Waals surface area contributed by atoms with Crippen LogP contribution in [0, 0.1) is 0 Å². The van der Waals surface area contributed by atoms with Crippen molar-refractivity contribution in [3.63, 3.8) is 0 Å². The molecule has 0 aliphatic rings. The lowest BCUT2D eigenvalue weighted by Crippen LogP contribution is -2.22. The molecule has 6 heteroatoms. The summed E-state index contributed by atoms with van der Waals surface area (Å²) in [5, 5.41) is 0. The van der Waals surface area contributed by atoms with Crippen molar-refractivity contribution in [1.29, 1.82) is 0 Å². The number of benzene rings is 1. The van der Waals surface area contributed by atoms with Gasteiger partial charge in [-0.2, -0.15) is 0 Å². The van der Waals surface area contributed by atoms with E-state index in [0.717, 1.165) is 0 Å². The van der Waals surface area contributed by atoms with Gasteiger partial charge in [-0.3, -0.25) is 9.36 Å². The van der Waals surface area contributed by atoms with Crippen molar-refractivity contribution < 1.29 is 13.9 Å². The van der Waals surface area contributed by atoms with Gasteiger partial charge in [0.05, 0.1) is 12.3 Å². The number of rotatable bonds is 3. The fraction of sp³-hybridized carbons (Fsp3) is 0.273. The summed E-state index contributed by atoms with van der Waals surface area (Å²) in [7, 11) is 0. The minimum absolute atomic E-state index is 0.201. The van der Waals surface area contributed by atoms with Crippen LogP contribution in [-0.2, 0) is 16.1 Å². The molecule has 0 aliphatic carbocycles. The van der Waals surface area contributed by atoms with E-state index in [-0.39, 0.29) is 13.2 Å². The molecule has 0 fully saturated rings. The number of nitrogens with two attached hydrogens (primary N) is 1. The Morgan fingerprint density at radius 2 is 2.29 bits per heavy atom. The first-order valence-corrected chi connectivity index (χ1v) is 5.17. The first-order chi connectivity index (χ1) is 8.13. The molecule has 1 aromatic heterocycles. The van der Waals surface area contributed by atoms with Gasteiger partial charge in [0, 0.05) is 0 Å². The first kappa shape index (κ1) is 11.3. The lowest BCUT2D eigenvalue weighted by atomic mass is 10.3. The van der Waals surface area contributed by atoms with Gasteiger partial charge in [0.1, 0.15) is 12.1 Å². The van der Waals surface area contributed by atoms with Gasteiger partial charge in [-0.15, -0.1) is 0 Å². The largest absolute Gasteiger partial charge is 0.465 e. The van der Waals surface area contributed by atoms with Crippen molar-refractivity contribution in [1.82, 2.24) is 4.57 Å². The third kappa shape index (κ3) is 2.01. The van der Waals surface area contributed by atoms with Gasteiger partial charge in [0.15, 0.2) is 5.58 Å². The van der Waals surface area contributed by atoms with Crippen LogP contribution in [0.4, 0.5) is 5.69 Å². The van der Waals surface area contributed by atoms with E-state index in [1.54, 1.807) is 25.1 Å². The van der Waals surface area contributed by atoms with Gasteiger partial charge >= 0.3 is 11.7 Å². The zero-order chi connectivity index (χ0) is 12.4. The van der Waals surface area contributed by atoms with E-state index in [9.17, 15) is 9.59 Å². The molecule has 0 unspecified atom stereocenters. The van der Waals surface area contributed by atoms with Crippen molar-refractivity contribution >= 4 is 22.8 Å². The van der Waals surface area contributed by atoms with Crippen molar-refractivity contribution in [2.45, 2.75) is 13.5 Å². The van der Waals surface area contributed by atoms with Crippen molar-refractivity contribution in [3.8, 4) is 0 Å². The lowest BCUT2D eigenvalue weighted by molar-refractivity contribution is -0.143. The van der Waals surface area contributed by atoms with Gasteiger partial charge in [-0.05, 0) is 19.1 Å². The number of aromatic nitrogens is 1. The summed E-state index contributed by atoms with van der Waals surface area (Å²) in [4.78, 5) is 22.9. The molecule has 0 bridgehead atoms. The predicted octanol–water partition coefficient (Wildman–Crippen LogP) is 0.740. The highest BCUT2D eigenvalue weighted by molar-refractivity contribution is 5.86. The fourth-order valence-corrected chi connectivity index (χ4v) is 1.63. The normalized spacial score (nSPS) is 10.6. The van der Waals surface area contributed by atoms with Gasteiger partial charge in [0.2, 0.25) is 0 Å². The van der Waals surface area contributed by atoms with Gasteiger partial charge in [0.25, 0.3) is 0 Å². The molecular weight excluding hydrogens is 224 g/mol. The third-order valence-corrected chi connectivity index (χ3v) is 2.31. The molecule has 17 heavy (non-hydrogen) atoms. The topological polar surface area (TPSA) is 87.5 Å². The van der Waals surface area contributed by atoms with Crippen LogP contribution in [0.2, 0.25) is 0 Å². The number of hydrogen-bond donors (Lipinski definition) is 1. The standard InChI is InChI=1S/C11H12N2O4/c1-2-16-9(14)6-13-10-7(12)4-3-5-8(10)17-11(13)15/h3-5H,2,6,12H2,1H3.